The molecule has 0 bridgehead atoms. The number of ether oxygens (including phenoxy) is 1. The van der Waals surface area contributed by atoms with Crippen molar-refractivity contribution >= 4 is 26.0 Å². The molecule has 3 rings (SSSR count). The first kappa shape index (κ1) is 28.2. The molecule has 36 heavy (non-hydrogen) atoms. The lowest BCUT2D eigenvalue weighted by Gasteiger charge is -2.38. The summed E-state index contributed by atoms with van der Waals surface area (Å²) in [5.41, 5.74) is 1.25. The van der Waals surface area contributed by atoms with Crippen molar-refractivity contribution in [3.63, 3.8) is 0 Å². The molecule has 7 nitrogen and oxygen atoms in total. The lowest BCUT2D eigenvalue weighted by atomic mass is 10.0. The predicted molar refractivity (Wildman–Crippen MR) is 141 cm³/mol. The van der Waals surface area contributed by atoms with E-state index in [2.05, 4.69) is 39.9 Å². The molecule has 196 valence electrons. The van der Waals surface area contributed by atoms with E-state index in [1.54, 1.807) is 11.0 Å². The molecule has 1 aliphatic heterocycles. The number of carbonyl (C=O) groups is 1. The van der Waals surface area contributed by atoms with E-state index in [4.69, 9.17) is 25.9 Å². The van der Waals surface area contributed by atoms with Crippen molar-refractivity contribution in [1.82, 2.24) is 14.7 Å². The van der Waals surface area contributed by atoms with Gasteiger partial charge < -0.3 is 14.1 Å². The topological polar surface area (TPSA) is 80.4 Å². The van der Waals surface area contributed by atoms with Crippen molar-refractivity contribution in [2.45, 2.75) is 84.3 Å². The van der Waals surface area contributed by atoms with Crippen LogP contribution in [0, 0.1) is 17.1 Å². The molecule has 1 atom stereocenters. The third-order valence-corrected chi connectivity index (χ3v) is 11.6. The van der Waals surface area contributed by atoms with Crippen LogP contribution in [0.15, 0.2) is 18.2 Å². The molecular weight excluding hydrogens is 499 g/mol. The molecule has 1 aromatic heterocycles. The summed E-state index contributed by atoms with van der Waals surface area (Å²) in [7, 11) is -1.97. The Labute approximate surface area is 219 Å². The standard InChI is InChI=1S/C26H36ClFN4O3Si/c1-25(2,3)35-24(33)31-15-18(11-12-34-36(7,8)26(4,5)6)32-22(16-31)19(14-29)23(30-32)17-9-10-21(28)20(27)13-17/h9-10,13,18H,11-12,15-16H2,1-8H3. The van der Waals surface area contributed by atoms with Crippen molar-refractivity contribution in [3.05, 3.63) is 40.3 Å². The average Bonchev–Trinajstić information content (AvgIpc) is 3.12. The first-order valence-electron chi connectivity index (χ1n) is 12.1. The number of aromatic nitrogens is 2. The minimum atomic E-state index is -1.97. The Balaban J connectivity index is 1.99. The second-order valence-corrected chi connectivity index (χ2v) is 17.0. The number of fused-ring (bicyclic) bond motifs is 1. The average molecular weight is 535 g/mol. The van der Waals surface area contributed by atoms with Crippen LogP contribution >= 0.6 is 11.6 Å². The van der Waals surface area contributed by atoms with Crippen molar-refractivity contribution in [2.24, 2.45) is 0 Å². The van der Waals surface area contributed by atoms with Gasteiger partial charge in [-0.25, -0.2) is 9.18 Å². The third-order valence-electron chi connectivity index (χ3n) is 6.80. The van der Waals surface area contributed by atoms with Crippen LogP contribution in [0.2, 0.25) is 23.2 Å². The van der Waals surface area contributed by atoms with Crippen LogP contribution < -0.4 is 0 Å². The minimum Gasteiger partial charge on any atom is -0.444 e. The van der Waals surface area contributed by atoms with Crippen LogP contribution in [-0.2, 0) is 15.7 Å². The molecule has 0 radical (unpaired) electrons. The summed E-state index contributed by atoms with van der Waals surface area (Å²) >= 11 is 6.01. The van der Waals surface area contributed by atoms with Gasteiger partial charge in [-0.05, 0) is 63.5 Å². The van der Waals surface area contributed by atoms with Crippen molar-refractivity contribution in [2.75, 3.05) is 13.2 Å². The number of nitrogens with zero attached hydrogens (tertiary/aromatic N) is 4. The summed E-state index contributed by atoms with van der Waals surface area (Å²) < 4.78 is 27.6. The summed E-state index contributed by atoms with van der Waals surface area (Å²) in [6.07, 6.45) is 0.162. The van der Waals surface area contributed by atoms with Crippen LogP contribution in [0.1, 0.15) is 65.3 Å². The fraction of sp³-hybridized carbons (Fsp3) is 0.577. The van der Waals surface area contributed by atoms with E-state index in [1.807, 2.05) is 25.5 Å². The zero-order chi connectivity index (χ0) is 27.1. The summed E-state index contributed by atoms with van der Waals surface area (Å²) in [5.74, 6) is -0.542. The fourth-order valence-corrected chi connectivity index (χ4v) is 5.05. The van der Waals surface area contributed by atoms with Crippen LogP contribution in [0.5, 0.6) is 0 Å². The molecule has 0 fully saturated rings. The molecule has 0 saturated heterocycles. The Morgan fingerprint density at radius 3 is 2.50 bits per heavy atom. The summed E-state index contributed by atoms with van der Waals surface area (Å²) in [5, 5.41) is 14.8. The quantitative estimate of drug-likeness (QED) is 0.389. The van der Waals surface area contributed by atoms with E-state index in [0.717, 1.165) is 0 Å². The summed E-state index contributed by atoms with van der Waals surface area (Å²) in [6.45, 7) is 17.5. The highest BCUT2D eigenvalue weighted by molar-refractivity contribution is 6.74. The van der Waals surface area contributed by atoms with Crippen LogP contribution in [0.4, 0.5) is 9.18 Å². The number of hydrogen-bond donors (Lipinski definition) is 0. The van der Waals surface area contributed by atoms with E-state index in [1.165, 1.54) is 12.1 Å². The molecule has 0 saturated carbocycles. The normalized spacial score (nSPS) is 16.5. The predicted octanol–water partition coefficient (Wildman–Crippen LogP) is 6.92. The van der Waals surface area contributed by atoms with Gasteiger partial charge in [0, 0.05) is 18.7 Å². The van der Waals surface area contributed by atoms with Gasteiger partial charge in [-0.15, -0.1) is 0 Å². The highest BCUT2D eigenvalue weighted by Crippen LogP contribution is 2.38. The van der Waals surface area contributed by atoms with Gasteiger partial charge in [0.05, 0.1) is 23.3 Å². The number of nitriles is 1. The van der Waals surface area contributed by atoms with Crippen LogP contribution in [-0.4, -0.2) is 47.8 Å². The van der Waals surface area contributed by atoms with Crippen molar-refractivity contribution in [1.29, 1.82) is 5.26 Å². The molecule has 1 aliphatic rings. The molecule has 0 spiro atoms. The Bertz CT molecular complexity index is 1180. The number of halogens is 2. The van der Waals surface area contributed by atoms with Gasteiger partial charge in [0.1, 0.15) is 28.7 Å². The van der Waals surface area contributed by atoms with E-state index in [-0.39, 0.29) is 22.6 Å². The Hall–Kier alpha value is -2.41. The van der Waals surface area contributed by atoms with E-state index in [9.17, 15) is 14.4 Å². The second kappa shape index (κ2) is 10.2. The molecule has 1 unspecified atom stereocenters. The molecular formula is C26H36ClFN4O3Si. The lowest BCUT2D eigenvalue weighted by Crippen LogP contribution is -2.45. The fourth-order valence-electron chi connectivity index (χ4n) is 3.81. The Kier molecular flexibility index (Phi) is 7.94. The maximum absolute atomic E-state index is 13.8. The Morgan fingerprint density at radius 1 is 1.28 bits per heavy atom. The van der Waals surface area contributed by atoms with Gasteiger partial charge in [-0.3, -0.25) is 4.68 Å². The number of hydrogen-bond acceptors (Lipinski definition) is 5. The molecule has 1 aromatic carbocycles. The second-order valence-electron chi connectivity index (χ2n) is 11.8. The molecule has 10 heteroatoms. The van der Waals surface area contributed by atoms with Gasteiger partial charge >= 0.3 is 6.09 Å². The van der Waals surface area contributed by atoms with Gasteiger partial charge in [0.25, 0.3) is 0 Å². The SMILES string of the molecule is CC(C)(C)OC(=O)N1Cc2c(C#N)c(-c3ccc(F)c(Cl)c3)nn2C(CCO[Si](C)(C)C(C)(C)C)C1. The van der Waals surface area contributed by atoms with Gasteiger partial charge in [0.15, 0.2) is 8.32 Å². The Morgan fingerprint density at radius 2 is 1.94 bits per heavy atom. The van der Waals surface area contributed by atoms with Crippen molar-refractivity contribution < 1.29 is 18.3 Å². The zero-order valence-electron chi connectivity index (χ0n) is 22.4. The van der Waals surface area contributed by atoms with Gasteiger partial charge in [-0.1, -0.05) is 32.4 Å². The zero-order valence-corrected chi connectivity index (χ0v) is 24.2. The van der Waals surface area contributed by atoms with Gasteiger partial charge in [0.2, 0.25) is 0 Å². The lowest BCUT2D eigenvalue weighted by molar-refractivity contribution is 0.0148. The first-order valence-corrected chi connectivity index (χ1v) is 15.4. The third kappa shape index (κ3) is 6.10. The van der Waals surface area contributed by atoms with E-state index in [0.29, 0.717) is 42.1 Å². The molecule has 0 aliphatic carbocycles. The molecule has 1 amide bonds. The van der Waals surface area contributed by atoms with Gasteiger partial charge in [-0.2, -0.15) is 10.4 Å². The molecule has 0 N–H and O–H groups in total. The highest BCUT2D eigenvalue weighted by Gasteiger charge is 2.38. The summed E-state index contributed by atoms with van der Waals surface area (Å²) in [6, 6.07) is 6.30. The smallest absolute Gasteiger partial charge is 0.410 e. The first-order chi connectivity index (χ1) is 16.5. The van der Waals surface area contributed by atoms with Crippen LogP contribution in [0.3, 0.4) is 0 Å². The number of rotatable bonds is 5. The minimum absolute atomic E-state index is 0.0444. The van der Waals surface area contributed by atoms with Crippen LogP contribution in [0.25, 0.3) is 11.3 Å². The maximum Gasteiger partial charge on any atom is 0.410 e. The highest BCUT2D eigenvalue weighted by atomic mass is 35.5. The van der Waals surface area contributed by atoms with E-state index >= 15 is 0 Å². The van der Waals surface area contributed by atoms with E-state index < -0.39 is 25.8 Å². The maximum atomic E-state index is 13.8. The molecule has 2 aromatic rings. The number of carbonyl (C=O) groups excluding carboxylic acids is 1. The van der Waals surface area contributed by atoms with Crippen molar-refractivity contribution in [3.8, 4) is 17.3 Å². The number of benzene rings is 1. The summed E-state index contributed by atoms with van der Waals surface area (Å²) in [4.78, 5) is 14.6. The molecule has 2 heterocycles. The number of amides is 1. The largest absolute Gasteiger partial charge is 0.444 e. The monoisotopic (exact) mass is 534 g/mol.